The fourth-order valence-electron chi connectivity index (χ4n) is 3.66. The molecule has 2 aromatic rings. The number of esters is 2. The molecule has 1 aliphatic rings. The van der Waals surface area contributed by atoms with E-state index in [0.29, 0.717) is 48.7 Å². The Morgan fingerprint density at radius 2 is 1.62 bits per heavy atom. The van der Waals surface area contributed by atoms with E-state index in [2.05, 4.69) is 10.2 Å². The molecule has 0 unspecified atom stereocenters. The Morgan fingerprint density at radius 1 is 1.03 bits per heavy atom. The Morgan fingerprint density at radius 3 is 2.16 bits per heavy atom. The molecule has 1 aliphatic heterocycles. The number of rotatable bonds is 6. The number of methoxy groups -OCH3 is 2. The highest BCUT2D eigenvalue weighted by Gasteiger charge is 2.26. The Hall–Kier alpha value is -2.97. The lowest BCUT2D eigenvalue weighted by Crippen LogP contribution is -2.38. The van der Waals surface area contributed by atoms with Gasteiger partial charge in [0.15, 0.2) is 0 Å². The van der Waals surface area contributed by atoms with Crippen LogP contribution in [0.2, 0.25) is 5.02 Å². The van der Waals surface area contributed by atoms with Gasteiger partial charge in [0, 0.05) is 28.7 Å². The fourth-order valence-corrected chi connectivity index (χ4v) is 3.82. The molecule has 1 saturated heterocycles. The Kier molecular flexibility index (Phi) is 7.82. The monoisotopic (exact) mass is 462 g/mol. The van der Waals surface area contributed by atoms with Crippen molar-refractivity contribution in [3.8, 4) is 0 Å². The minimum atomic E-state index is -0.631. The average molecular weight is 463 g/mol. The van der Waals surface area contributed by atoms with Gasteiger partial charge in [-0.3, -0.25) is 9.69 Å². The number of benzene rings is 2. The van der Waals surface area contributed by atoms with Crippen molar-refractivity contribution >= 4 is 35.1 Å². The van der Waals surface area contributed by atoms with E-state index in [1.807, 2.05) is 0 Å². The van der Waals surface area contributed by atoms with Crippen LogP contribution in [0.25, 0.3) is 0 Å². The minimum Gasteiger partial charge on any atom is -0.465 e. The lowest BCUT2D eigenvalue weighted by molar-refractivity contribution is -0.121. The van der Waals surface area contributed by atoms with E-state index >= 15 is 0 Å². The maximum Gasteiger partial charge on any atom is 0.337 e. The number of halogens is 2. The van der Waals surface area contributed by atoms with Crippen molar-refractivity contribution in [1.82, 2.24) is 4.90 Å². The van der Waals surface area contributed by atoms with Gasteiger partial charge in [-0.2, -0.15) is 0 Å². The summed E-state index contributed by atoms with van der Waals surface area (Å²) in [5, 5.41) is 3.14. The number of carbonyl (C=O) groups is 3. The van der Waals surface area contributed by atoms with Crippen molar-refractivity contribution < 1.29 is 28.2 Å². The predicted octanol–water partition coefficient (Wildman–Crippen LogP) is 3.90. The first kappa shape index (κ1) is 23.7. The van der Waals surface area contributed by atoms with Crippen LogP contribution in [-0.2, 0) is 20.8 Å². The molecule has 1 N–H and O–H groups in total. The third kappa shape index (κ3) is 5.83. The molecule has 9 heteroatoms. The Labute approximate surface area is 190 Å². The van der Waals surface area contributed by atoms with E-state index < -0.39 is 11.9 Å². The van der Waals surface area contributed by atoms with Gasteiger partial charge >= 0.3 is 11.9 Å². The van der Waals surface area contributed by atoms with Crippen molar-refractivity contribution in [3.63, 3.8) is 0 Å². The molecule has 1 heterocycles. The van der Waals surface area contributed by atoms with E-state index in [9.17, 15) is 18.8 Å². The third-order valence-corrected chi connectivity index (χ3v) is 5.65. The summed E-state index contributed by atoms with van der Waals surface area (Å²) in [6.45, 7) is 1.71. The molecule has 7 nitrogen and oxygen atoms in total. The van der Waals surface area contributed by atoms with E-state index in [0.717, 1.165) is 0 Å². The van der Waals surface area contributed by atoms with Crippen molar-refractivity contribution in [3.05, 3.63) is 63.9 Å². The molecule has 170 valence electrons. The van der Waals surface area contributed by atoms with Crippen LogP contribution in [0.3, 0.4) is 0 Å². The third-order valence-electron chi connectivity index (χ3n) is 5.41. The van der Waals surface area contributed by atoms with Gasteiger partial charge in [0.05, 0.1) is 25.3 Å². The Balaban J connectivity index is 1.63. The highest BCUT2D eigenvalue weighted by molar-refractivity contribution is 6.30. The number of hydrogen-bond donors (Lipinski definition) is 1. The lowest BCUT2D eigenvalue weighted by atomic mass is 9.95. The number of nitrogens with one attached hydrogen (secondary N) is 1. The molecular formula is C23H24ClFN2O5. The number of amides is 1. The predicted molar refractivity (Wildman–Crippen MR) is 117 cm³/mol. The normalized spacial score (nSPS) is 14.6. The van der Waals surface area contributed by atoms with Crippen LogP contribution < -0.4 is 5.32 Å². The molecule has 1 fully saturated rings. The van der Waals surface area contributed by atoms with Gasteiger partial charge in [0.2, 0.25) is 5.91 Å². The van der Waals surface area contributed by atoms with E-state index in [-0.39, 0.29) is 28.8 Å². The van der Waals surface area contributed by atoms with Gasteiger partial charge < -0.3 is 14.8 Å². The van der Waals surface area contributed by atoms with Gasteiger partial charge in [0.1, 0.15) is 5.82 Å². The first-order valence-electron chi connectivity index (χ1n) is 10.1. The zero-order valence-electron chi connectivity index (χ0n) is 17.8. The smallest absolute Gasteiger partial charge is 0.337 e. The summed E-state index contributed by atoms with van der Waals surface area (Å²) >= 11 is 5.80. The molecule has 1 amide bonds. The van der Waals surface area contributed by atoms with Gasteiger partial charge in [-0.1, -0.05) is 17.7 Å². The summed E-state index contributed by atoms with van der Waals surface area (Å²) in [4.78, 5) is 38.7. The SMILES string of the molecule is COC(=O)c1cc(NC(=O)C2CCN(Cc3ccc(Cl)cc3F)CC2)cc(C(=O)OC)c1. The second kappa shape index (κ2) is 10.6. The summed E-state index contributed by atoms with van der Waals surface area (Å²) in [5.74, 6) is -2.06. The lowest BCUT2D eigenvalue weighted by Gasteiger charge is -2.31. The molecular weight excluding hydrogens is 439 g/mol. The molecule has 2 aromatic carbocycles. The summed E-state index contributed by atoms with van der Waals surface area (Å²) in [6.07, 6.45) is 1.20. The maximum absolute atomic E-state index is 14.0. The largest absolute Gasteiger partial charge is 0.465 e. The number of piperidine rings is 1. The van der Waals surface area contributed by atoms with Crippen molar-refractivity contribution in [1.29, 1.82) is 0 Å². The summed E-state index contributed by atoms with van der Waals surface area (Å²) in [6, 6.07) is 8.88. The van der Waals surface area contributed by atoms with Gasteiger partial charge in [-0.05, 0) is 56.3 Å². The number of anilines is 1. The van der Waals surface area contributed by atoms with Crippen LogP contribution >= 0.6 is 11.6 Å². The van der Waals surface area contributed by atoms with Crippen molar-refractivity contribution in [2.24, 2.45) is 5.92 Å². The summed E-state index contributed by atoms with van der Waals surface area (Å²) < 4.78 is 23.5. The number of ether oxygens (including phenoxy) is 2. The maximum atomic E-state index is 14.0. The van der Waals surface area contributed by atoms with E-state index in [1.54, 1.807) is 12.1 Å². The quantitative estimate of drug-likeness (QED) is 0.655. The summed E-state index contributed by atoms with van der Waals surface area (Å²) in [7, 11) is 2.46. The van der Waals surface area contributed by atoms with E-state index in [1.165, 1.54) is 38.5 Å². The summed E-state index contributed by atoms with van der Waals surface area (Å²) in [5.41, 5.74) is 1.13. The highest BCUT2D eigenvalue weighted by atomic mass is 35.5. The first-order chi connectivity index (χ1) is 15.3. The van der Waals surface area contributed by atoms with Crippen LogP contribution in [0.15, 0.2) is 36.4 Å². The molecule has 3 rings (SSSR count). The van der Waals surface area contributed by atoms with Crippen LogP contribution in [0, 0.1) is 11.7 Å². The zero-order valence-corrected chi connectivity index (χ0v) is 18.6. The number of hydrogen-bond acceptors (Lipinski definition) is 6. The second-order valence-corrected chi connectivity index (χ2v) is 7.99. The Bertz CT molecular complexity index is 987. The van der Waals surface area contributed by atoms with Gasteiger partial charge in [-0.15, -0.1) is 0 Å². The van der Waals surface area contributed by atoms with Crippen LogP contribution in [0.4, 0.5) is 10.1 Å². The number of carbonyl (C=O) groups excluding carboxylic acids is 3. The molecule has 0 atom stereocenters. The fraction of sp³-hybridized carbons (Fsp3) is 0.348. The molecule has 0 saturated carbocycles. The minimum absolute atomic E-state index is 0.130. The topological polar surface area (TPSA) is 84.9 Å². The molecule has 32 heavy (non-hydrogen) atoms. The second-order valence-electron chi connectivity index (χ2n) is 7.56. The van der Waals surface area contributed by atoms with E-state index in [4.69, 9.17) is 21.1 Å². The van der Waals surface area contributed by atoms with Gasteiger partial charge in [0.25, 0.3) is 0 Å². The number of nitrogens with zero attached hydrogens (tertiary/aromatic N) is 1. The van der Waals surface area contributed by atoms with Crippen molar-refractivity contribution in [2.45, 2.75) is 19.4 Å². The van der Waals surface area contributed by atoms with Crippen LogP contribution in [0.1, 0.15) is 39.1 Å². The molecule has 0 aliphatic carbocycles. The first-order valence-corrected chi connectivity index (χ1v) is 10.5. The standard InChI is InChI=1S/C23H24ClFN2O5/c1-31-22(29)16-9-17(23(30)32-2)11-19(10-16)26-21(28)14-5-7-27(8-6-14)13-15-3-4-18(24)12-20(15)25/h3-4,9-12,14H,5-8,13H2,1-2H3,(H,26,28). The molecule has 0 spiro atoms. The highest BCUT2D eigenvalue weighted by Crippen LogP contribution is 2.24. The molecule has 0 bridgehead atoms. The zero-order chi connectivity index (χ0) is 23.3. The van der Waals surface area contributed by atoms with Gasteiger partial charge in [-0.25, -0.2) is 14.0 Å². The average Bonchev–Trinajstić information content (AvgIpc) is 2.80. The van der Waals surface area contributed by atoms with Crippen molar-refractivity contribution in [2.75, 3.05) is 32.6 Å². The molecule has 0 aromatic heterocycles. The number of likely N-dealkylation sites (tertiary alicyclic amines) is 1. The van der Waals surface area contributed by atoms with Crippen LogP contribution in [0.5, 0.6) is 0 Å². The van der Waals surface area contributed by atoms with Crippen LogP contribution in [-0.4, -0.2) is 50.1 Å². The molecule has 0 radical (unpaired) electrons.